The fraction of sp³-hybridized carbons (Fsp3) is 0.381. The average Bonchev–Trinajstić information content (AvgIpc) is 3.21. The van der Waals surface area contributed by atoms with Crippen molar-refractivity contribution in [2.75, 3.05) is 13.1 Å². The smallest absolute Gasteiger partial charge is 0.246 e. The van der Waals surface area contributed by atoms with Gasteiger partial charge in [-0.2, -0.15) is 5.10 Å². The van der Waals surface area contributed by atoms with Crippen LogP contribution in [0.1, 0.15) is 40.7 Å². The van der Waals surface area contributed by atoms with E-state index in [-0.39, 0.29) is 5.91 Å². The number of thiazole rings is 1. The molecule has 1 aliphatic rings. The van der Waals surface area contributed by atoms with E-state index in [1.54, 1.807) is 17.4 Å². The van der Waals surface area contributed by atoms with Gasteiger partial charge in [-0.15, -0.1) is 11.3 Å². The van der Waals surface area contributed by atoms with Gasteiger partial charge in [-0.25, -0.2) is 4.98 Å². The van der Waals surface area contributed by atoms with Crippen molar-refractivity contribution in [3.05, 3.63) is 52.3 Å². The Labute approximate surface area is 163 Å². The number of para-hydroxylation sites is 1. The van der Waals surface area contributed by atoms with Gasteiger partial charge in [-0.05, 0) is 44.9 Å². The van der Waals surface area contributed by atoms with Gasteiger partial charge in [-0.3, -0.25) is 9.48 Å². The van der Waals surface area contributed by atoms with Gasteiger partial charge in [0.1, 0.15) is 0 Å². The number of rotatable bonds is 3. The maximum absolute atomic E-state index is 12.7. The third-order valence-corrected chi connectivity index (χ3v) is 6.55. The predicted octanol–water partition coefficient (Wildman–Crippen LogP) is 4.07. The summed E-state index contributed by atoms with van der Waals surface area (Å²) in [5, 5.41) is 5.56. The second kappa shape index (κ2) is 7.27. The van der Waals surface area contributed by atoms with Gasteiger partial charge < -0.3 is 4.90 Å². The number of carbonyl (C=O) groups excluding carboxylic acids is 1. The van der Waals surface area contributed by atoms with Crippen molar-refractivity contribution in [2.45, 2.75) is 32.6 Å². The number of hydrogen-bond acceptors (Lipinski definition) is 4. The maximum atomic E-state index is 12.7. The zero-order valence-corrected chi connectivity index (χ0v) is 16.8. The molecule has 0 radical (unpaired) electrons. The zero-order chi connectivity index (χ0) is 19.0. The first kappa shape index (κ1) is 17.9. The van der Waals surface area contributed by atoms with Crippen molar-refractivity contribution in [2.24, 2.45) is 7.05 Å². The summed E-state index contributed by atoms with van der Waals surface area (Å²) in [6.07, 6.45) is 5.71. The summed E-state index contributed by atoms with van der Waals surface area (Å²) in [4.78, 5) is 19.5. The number of likely N-dealkylation sites (tertiary alicyclic amines) is 1. The van der Waals surface area contributed by atoms with Gasteiger partial charge in [-0.1, -0.05) is 12.1 Å². The Bertz CT molecular complexity index is 984. The first-order chi connectivity index (χ1) is 13.0. The molecular weight excluding hydrogens is 356 g/mol. The van der Waals surface area contributed by atoms with Crippen molar-refractivity contribution in [1.29, 1.82) is 0 Å². The van der Waals surface area contributed by atoms with E-state index in [1.165, 1.54) is 4.70 Å². The second-order valence-electron chi connectivity index (χ2n) is 7.18. The summed E-state index contributed by atoms with van der Waals surface area (Å²) in [6, 6.07) is 8.25. The molecule has 6 heteroatoms. The van der Waals surface area contributed by atoms with Crippen LogP contribution in [0.25, 0.3) is 16.3 Å². The zero-order valence-electron chi connectivity index (χ0n) is 16.0. The van der Waals surface area contributed by atoms with Gasteiger partial charge in [0.05, 0.1) is 20.9 Å². The number of carbonyl (C=O) groups is 1. The summed E-state index contributed by atoms with van der Waals surface area (Å²) >= 11 is 1.76. The third kappa shape index (κ3) is 3.54. The highest BCUT2D eigenvalue weighted by atomic mass is 32.1. The largest absolute Gasteiger partial charge is 0.338 e. The fourth-order valence-corrected chi connectivity index (χ4v) is 4.83. The molecule has 0 bridgehead atoms. The number of amides is 1. The van der Waals surface area contributed by atoms with E-state index in [1.807, 2.05) is 48.7 Å². The van der Waals surface area contributed by atoms with Crippen LogP contribution in [0.15, 0.2) is 30.3 Å². The molecule has 1 aromatic carbocycles. The molecule has 1 saturated heterocycles. The number of hydrogen-bond donors (Lipinski definition) is 0. The van der Waals surface area contributed by atoms with Crippen LogP contribution in [-0.2, 0) is 11.8 Å². The Morgan fingerprint density at radius 2 is 2.11 bits per heavy atom. The van der Waals surface area contributed by atoms with E-state index in [9.17, 15) is 4.79 Å². The molecular formula is C21H24N4OS. The Hall–Kier alpha value is -2.47. The van der Waals surface area contributed by atoms with E-state index >= 15 is 0 Å². The molecule has 2 aromatic heterocycles. The van der Waals surface area contributed by atoms with Crippen LogP contribution in [0.5, 0.6) is 0 Å². The van der Waals surface area contributed by atoms with Crippen molar-refractivity contribution < 1.29 is 4.79 Å². The molecule has 1 atom stereocenters. The van der Waals surface area contributed by atoms with Crippen LogP contribution >= 0.6 is 11.3 Å². The van der Waals surface area contributed by atoms with Crippen LogP contribution in [-0.4, -0.2) is 38.7 Å². The molecule has 3 aromatic rings. The lowest BCUT2D eigenvalue weighted by molar-refractivity contribution is -0.127. The average molecular weight is 381 g/mol. The number of piperidine rings is 1. The Kier molecular flexibility index (Phi) is 4.83. The van der Waals surface area contributed by atoms with Gasteiger partial charge in [0.25, 0.3) is 0 Å². The van der Waals surface area contributed by atoms with E-state index in [0.717, 1.165) is 53.4 Å². The monoisotopic (exact) mass is 380 g/mol. The molecule has 0 aliphatic carbocycles. The molecule has 0 saturated carbocycles. The lowest BCUT2D eigenvalue weighted by Gasteiger charge is -2.31. The molecule has 0 N–H and O–H groups in total. The van der Waals surface area contributed by atoms with Gasteiger partial charge in [0, 0.05) is 43.4 Å². The van der Waals surface area contributed by atoms with Gasteiger partial charge >= 0.3 is 0 Å². The molecule has 0 unspecified atom stereocenters. The maximum Gasteiger partial charge on any atom is 0.246 e. The highest BCUT2D eigenvalue weighted by Gasteiger charge is 2.26. The topological polar surface area (TPSA) is 51.0 Å². The van der Waals surface area contributed by atoms with E-state index < -0.39 is 0 Å². The Morgan fingerprint density at radius 3 is 2.85 bits per heavy atom. The number of aryl methyl sites for hydroxylation is 2. The van der Waals surface area contributed by atoms with E-state index in [2.05, 4.69) is 17.2 Å². The minimum Gasteiger partial charge on any atom is -0.338 e. The van der Waals surface area contributed by atoms with Gasteiger partial charge in [0.2, 0.25) is 5.91 Å². The number of aromatic nitrogens is 3. The standard InChI is InChI=1S/C21H24N4OS/c1-14-17(15(2)24(3)23-14)10-11-20(26)25-12-6-7-16(13-25)21-22-18-8-4-5-9-19(18)27-21/h4-5,8-11,16H,6-7,12-13H2,1-3H3/b11-10+/t16-/m0/s1. The van der Waals surface area contributed by atoms with Crippen LogP contribution in [0.3, 0.4) is 0 Å². The minimum atomic E-state index is 0.0727. The lowest BCUT2D eigenvalue weighted by Crippen LogP contribution is -2.38. The van der Waals surface area contributed by atoms with Crippen LogP contribution in [0.2, 0.25) is 0 Å². The summed E-state index contributed by atoms with van der Waals surface area (Å²) < 4.78 is 3.07. The normalized spacial score (nSPS) is 17.9. The molecule has 4 rings (SSSR count). The van der Waals surface area contributed by atoms with Crippen molar-refractivity contribution >= 4 is 33.5 Å². The lowest BCUT2D eigenvalue weighted by atomic mass is 9.98. The molecule has 27 heavy (non-hydrogen) atoms. The molecule has 1 aliphatic heterocycles. The number of nitrogens with zero attached hydrogens (tertiary/aromatic N) is 4. The summed E-state index contributed by atoms with van der Waals surface area (Å²) in [6.45, 7) is 5.55. The predicted molar refractivity (Wildman–Crippen MR) is 110 cm³/mol. The van der Waals surface area contributed by atoms with E-state index in [4.69, 9.17) is 4.98 Å². The van der Waals surface area contributed by atoms with Crippen LogP contribution in [0, 0.1) is 13.8 Å². The quantitative estimate of drug-likeness (QED) is 0.644. The molecule has 1 amide bonds. The molecule has 1 fully saturated rings. The SMILES string of the molecule is Cc1nn(C)c(C)c1/C=C/C(=O)N1CCC[C@H](c2nc3ccccc3s2)C1. The summed E-state index contributed by atoms with van der Waals surface area (Å²) in [5.41, 5.74) is 4.11. The first-order valence-electron chi connectivity index (χ1n) is 9.35. The summed E-state index contributed by atoms with van der Waals surface area (Å²) in [7, 11) is 1.93. The molecule has 0 spiro atoms. The Balaban J connectivity index is 1.49. The highest BCUT2D eigenvalue weighted by Crippen LogP contribution is 2.33. The molecule has 5 nitrogen and oxygen atoms in total. The highest BCUT2D eigenvalue weighted by molar-refractivity contribution is 7.18. The third-order valence-electron chi connectivity index (χ3n) is 5.35. The van der Waals surface area contributed by atoms with Crippen molar-refractivity contribution in [3.63, 3.8) is 0 Å². The first-order valence-corrected chi connectivity index (χ1v) is 10.2. The molecule has 3 heterocycles. The van der Waals surface area contributed by atoms with E-state index in [0.29, 0.717) is 5.92 Å². The fourth-order valence-electron chi connectivity index (χ4n) is 3.73. The van der Waals surface area contributed by atoms with Gasteiger partial charge in [0.15, 0.2) is 0 Å². The van der Waals surface area contributed by atoms with Crippen LogP contribution in [0.4, 0.5) is 0 Å². The number of fused-ring (bicyclic) bond motifs is 1. The second-order valence-corrected chi connectivity index (χ2v) is 8.25. The minimum absolute atomic E-state index is 0.0727. The Morgan fingerprint density at radius 1 is 1.30 bits per heavy atom. The molecule has 140 valence electrons. The number of benzene rings is 1. The van der Waals surface area contributed by atoms with Crippen LogP contribution < -0.4 is 0 Å². The van der Waals surface area contributed by atoms with Crippen molar-refractivity contribution in [3.8, 4) is 0 Å². The van der Waals surface area contributed by atoms with Crippen molar-refractivity contribution in [1.82, 2.24) is 19.7 Å². The summed E-state index contributed by atoms with van der Waals surface area (Å²) in [5.74, 6) is 0.402.